The number of benzene rings is 2. The van der Waals surface area contributed by atoms with Crippen LogP contribution in [0.25, 0.3) is 17.0 Å². The maximum atomic E-state index is 12.9. The quantitative estimate of drug-likeness (QED) is 0.227. The summed E-state index contributed by atoms with van der Waals surface area (Å²) in [5.74, 6) is 0.245. The number of allylic oxidation sites excluding steroid dienone is 1. The van der Waals surface area contributed by atoms with Crippen LogP contribution in [0.5, 0.6) is 5.75 Å². The lowest BCUT2D eigenvalue weighted by atomic mass is 9.99. The zero-order valence-electron chi connectivity index (χ0n) is 30.9. The molecule has 3 aliphatic rings. The van der Waals surface area contributed by atoms with Crippen LogP contribution in [-0.2, 0) is 14.3 Å². The Balaban J connectivity index is 0.000000184. The third-order valence-electron chi connectivity index (χ3n) is 8.88. The molecule has 1 saturated carbocycles. The first-order valence-electron chi connectivity index (χ1n) is 18.0. The predicted molar refractivity (Wildman–Crippen MR) is 199 cm³/mol. The second kappa shape index (κ2) is 18.6. The maximum Gasteiger partial charge on any atom is 0.410 e. The van der Waals surface area contributed by atoms with Gasteiger partial charge >= 0.3 is 6.09 Å². The molecule has 52 heavy (non-hydrogen) atoms. The standard InChI is InChI=1S/C19H26N2O2.C12H9FN2O2.C9H17NO2/c1-13(20-19(23)18-4-3-11-21(18)2)17-12-16(22)10-9-15(17)8-7-14-5-6-14;13-9-2-4-10-8(7-9)1-3-11(15-10)12(17)14-5-6-16;1-9(2,3)12-8(11)10-6-4-5-7-10/h7-10,12-14,18,22H,3-6,11H2,1-2H3,(H,20,23);1-4,6-7H,5H2,(H,14,17);4-7H2,1-3H3/b8-7+;;/t13-,18?;;/m0../s1. The smallest absolute Gasteiger partial charge is 0.410 e. The zero-order valence-corrected chi connectivity index (χ0v) is 30.9. The zero-order chi connectivity index (χ0) is 37.8. The normalized spacial score (nSPS) is 17.8. The molecule has 1 unspecified atom stereocenters. The molecule has 0 radical (unpaired) electrons. The number of hydrogen-bond donors (Lipinski definition) is 3. The van der Waals surface area contributed by atoms with E-state index in [2.05, 4.69) is 32.7 Å². The number of likely N-dealkylation sites (N-methyl/N-ethyl adjacent to an activating group) is 1. The van der Waals surface area contributed by atoms with Crippen LogP contribution in [0.3, 0.4) is 0 Å². The first-order valence-corrected chi connectivity index (χ1v) is 18.0. The summed E-state index contributed by atoms with van der Waals surface area (Å²) in [7, 11) is 2.00. The van der Waals surface area contributed by atoms with Gasteiger partial charge in [-0.25, -0.2) is 14.2 Å². The average Bonchev–Trinajstić information content (AvgIpc) is 3.55. The van der Waals surface area contributed by atoms with E-state index in [4.69, 9.17) is 4.74 Å². The van der Waals surface area contributed by atoms with Gasteiger partial charge in [-0.1, -0.05) is 24.3 Å². The second-order valence-corrected chi connectivity index (χ2v) is 14.5. The number of hydrogen-bond acceptors (Lipinski definition) is 8. The first kappa shape index (κ1) is 39.9. The Morgan fingerprint density at radius 3 is 2.38 bits per heavy atom. The molecule has 1 aromatic heterocycles. The van der Waals surface area contributed by atoms with Crippen molar-refractivity contribution in [3.05, 3.63) is 77.2 Å². The molecule has 2 aromatic carbocycles. The maximum absolute atomic E-state index is 12.9. The third kappa shape index (κ3) is 12.4. The Morgan fingerprint density at radius 1 is 1.02 bits per heavy atom. The average molecular weight is 718 g/mol. The van der Waals surface area contributed by atoms with Gasteiger partial charge in [0, 0.05) is 18.5 Å². The molecule has 2 atom stereocenters. The van der Waals surface area contributed by atoms with E-state index in [1.807, 2.05) is 40.8 Å². The van der Waals surface area contributed by atoms with E-state index in [1.54, 1.807) is 23.1 Å². The third-order valence-corrected chi connectivity index (χ3v) is 8.88. The molecule has 0 bridgehead atoms. The minimum Gasteiger partial charge on any atom is -0.508 e. The number of aromatic nitrogens is 1. The highest BCUT2D eigenvalue weighted by atomic mass is 19.1. The molecule has 3 fully saturated rings. The van der Waals surface area contributed by atoms with Gasteiger partial charge in [0.05, 0.1) is 24.1 Å². The van der Waals surface area contributed by atoms with Crippen LogP contribution in [0.1, 0.15) is 93.9 Å². The molecule has 3 aromatic rings. The van der Waals surface area contributed by atoms with E-state index in [-0.39, 0.29) is 53.5 Å². The molecule has 12 heteroatoms. The Morgan fingerprint density at radius 2 is 1.75 bits per heavy atom. The molecular weight excluding hydrogens is 665 g/mol. The number of carbonyl (C=O) groups excluding carboxylic acids is 4. The van der Waals surface area contributed by atoms with Gasteiger partial charge in [-0.3, -0.25) is 14.5 Å². The summed E-state index contributed by atoms with van der Waals surface area (Å²) in [4.78, 5) is 53.4. The van der Waals surface area contributed by atoms with Crippen molar-refractivity contribution in [3.8, 4) is 5.75 Å². The fourth-order valence-corrected chi connectivity index (χ4v) is 5.92. The number of halogens is 1. The number of ether oxygens (including phenoxy) is 1. The Labute approximate surface area is 305 Å². The molecular formula is C40H52FN5O6. The van der Waals surface area contributed by atoms with Crippen LogP contribution in [0.2, 0.25) is 0 Å². The minimum atomic E-state index is -0.427. The molecule has 3 N–H and O–H groups in total. The van der Waals surface area contributed by atoms with Gasteiger partial charge in [-0.2, -0.15) is 0 Å². The Kier molecular flexibility index (Phi) is 14.3. The lowest BCUT2D eigenvalue weighted by Crippen LogP contribution is -2.42. The van der Waals surface area contributed by atoms with Crippen LogP contribution >= 0.6 is 0 Å². The molecule has 2 aliphatic heterocycles. The van der Waals surface area contributed by atoms with Crippen molar-refractivity contribution >= 4 is 41.2 Å². The number of fused-ring (bicyclic) bond motifs is 1. The number of nitrogens with one attached hydrogen (secondary N) is 2. The van der Waals surface area contributed by atoms with Crippen molar-refractivity contribution in [3.63, 3.8) is 0 Å². The van der Waals surface area contributed by atoms with E-state index < -0.39 is 5.91 Å². The van der Waals surface area contributed by atoms with Crippen molar-refractivity contribution in [2.45, 2.75) is 83.9 Å². The molecule has 3 heterocycles. The van der Waals surface area contributed by atoms with Crippen molar-refractivity contribution in [2.75, 3.05) is 33.2 Å². The van der Waals surface area contributed by atoms with E-state index >= 15 is 0 Å². The van der Waals surface area contributed by atoms with Gasteiger partial charge in [-0.05, 0) is 133 Å². The second-order valence-electron chi connectivity index (χ2n) is 14.5. The van der Waals surface area contributed by atoms with E-state index in [0.717, 1.165) is 56.4 Å². The fourth-order valence-electron chi connectivity index (χ4n) is 5.92. The van der Waals surface area contributed by atoms with Crippen molar-refractivity contribution in [2.24, 2.45) is 5.92 Å². The minimum absolute atomic E-state index is 0.0276. The summed E-state index contributed by atoms with van der Waals surface area (Å²) < 4.78 is 18.1. The topological polar surface area (TPSA) is 141 Å². The highest BCUT2D eigenvalue weighted by Crippen LogP contribution is 2.32. The summed E-state index contributed by atoms with van der Waals surface area (Å²) in [5, 5.41) is 15.9. The van der Waals surface area contributed by atoms with Crippen LogP contribution < -0.4 is 10.6 Å². The number of aldehydes is 1. The van der Waals surface area contributed by atoms with Gasteiger partial charge in [0.25, 0.3) is 5.91 Å². The molecule has 11 nitrogen and oxygen atoms in total. The monoisotopic (exact) mass is 717 g/mol. The Bertz CT molecular complexity index is 1730. The number of phenolic OH excluding ortho intramolecular Hbond substituents is 1. The molecule has 1 aliphatic carbocycles. The molecule has 0 spiro atoms. The van der Waals surface area contributed by atoms with E-state index in [9.17, 15) is 28.7 Å². The SMILES string of the molecule is CC(C)(C)OC(=O)N1CCCC1.C[C@H](NC(=O)C1CCCN1C)c1cc(O)ccc1/C=C/C1CC1.O=CCNC(=O)c1ccc2cc(F)ccc2n1. The molecule has 6 rings (SSSR count). The fraction of sp³-hybridized carbons (Fsp3) is 0.475. The number of rotatable bonds is 8. The number of carbonyl (C=O) groups is 4. The molecule has 3 amide bonds. The van der Waals surface area contributed by atoms with Crippen molar-refractivity contribution in [1.82, 2.24) is 25.4 Å². The molecule has 2 saturated heterocycles. The molecule has 280 valence electrons. The van der Waals surface area contributed by atoms with Crippen LogP contribution in [-0.4, -0.2) is 89.0 Å². The van der Waals surface area contributed by atoms with Crippen LogP contribution in [0.4, 0.5) is 9.18 Å². The summed E-state index contributed by atoms with van der Waals surface area (Å²) >= 11 is 0. The van der Waals surface area contributed by atoms with Gasteiger partial charge in [0.15, 0.2) is 0 Å². The van der Waals surface area contributed by atoms with Crippen LogP contribution in [0.15, 0.2) is 54.6 Å². The number of aromatic hydroxyl groups is 1. The summed E-state index contributed by atoms with van der Waals surface area (Å²) in [5.41, 5.74) is 2.41. The number of amides is 3. The van der Waals surface area contributed by atoms with Gasteiger partial charge in [0.2, 0.25) is 5.91 Å². The summed E-state index contributed by atoms with van der Waals surface area (Å²) in [6.45, 7) is 10.3. The largest absolute Gasteiger partial charge is 0.508 e. The summed E-state index contributed by atoms with van der Waals surface area (Å²) in [6.07, 6.45) is 11.5. The van der Waals surface area contributed by atoms with Crippen molar-refractivity contribution in [1.29, 1.82) is 0 Å². The van der Waals surface area contributed by atoms with Gasteiger partial charge in [-0.15, -0.1) is 0 Å². The number of pyridine rings is 1. The predicted octanol–water partition coefficient (Wildman–Crippen LogP) is 6.41. The van der Waals surface area contributed by atoms with Crippen molar-refractivity contribution < 1.29 is 33.4 Å². The number of phenols is 1. The number of nitrogens with zero attached hydrogens (tertiary/aromatic N) is 3. The van der Waals surface area contributed by atoms with E-state index in [0.29, 0.717) is 23.1 Å². The lowest BCUT2D eigenvalue weighted by molar-refractivity contribution is -0.125. The highest BCUT2D eigenvalue weighted by Gasteiger charge is 2.29. The van der Waals surface area contributed by atoms with E-state index in [1.165, 1.54) is 37.1 Å². The highest BCUT2D eigenvalue weighted by molar-refractivity contribution is 5.95. The van der Waals surface area contributed by atoms with Gasteiger partial charge < -0.3 is 30.2 Å². The number of likely N-dealkylation sites (tertiary alicyclic amines) is 2. The van der Waals surface area contributed by atoms with Gasteiger partial charge in [0.1, 0.15) is 29.1 Å². The Hall–Kier alpha value is -4.84. The van der Waals surface area contributed by atoms with Crippen LogP contribution in [0, 0.1) is 11.7 Å². The summed E-state index contributed by atoms with van der Waals surface area (Å²) in [6, 6.07) is 12.5. The lowest BCUT2D eigenvalue weighted by Gasteiger charge is -2.23. The first-order chi connectivity index (χ1) is 24.7.